The molecule has 3 nitrogen and oxygen atoms in total. The van der Waals surface area contributed by atoms with Crippen molar-refractivity contribution in [3.05, 3.63) is 90.6 Å². The highest BCUT2D eigenvalue weighted by molar-refractivity contribution is 8.00. The summed E-state index contributed by atoms with van der Waals surface area (Å²) in [6.45, 7) is 0. The number of hydrogen-bond donors (Lipinski definition) is 1. The van der Waals surface area contributed by atoms with Gasteiger partial charge in [-0.2, -0.15) is 0 Å². The Balaban J connectivity index is 1.84. The smallest absolute Gasteiger partial charge is 0.243 e. The van der Waals surface area contributed by atoms with Crippen LogP contribution in [-0.2, 0) is 4.79 Å². The number of benzene rings is 2. The van der Waals surface area contributed by atoms with Crippen molar-refractivity contribution in [2.24, 2.45) is 0 Å². The highest BCUT2D eigenvalue weighted by Crippen LogP contribution is 2.35. The highest BCUT2D eigenvalue weighted by Gasteiger charge is 2.22. The first-order chi connectivity index (χ1) is 11.3. The molecule has 0 aliphatic rings. The van der Waals surface area contributed by atoms with Gasteiger partial charge in [0.2, 0.25) is 5.91 Å². The van der Waals surface area contributed by atoms with Crippen molar-refractivity contribution in [1.82, 2.24) is 4.98 Å². The van der Waals surface area contributed by atoms with Crippen LogP contribution in [0.25, 0.3) is 0 Å². The molecule has 114 valence electrons. The van der Waals surface area contributed by atoms with E-state index in [0.717, 1.165) is 10.5 Å². The zero-order valence-electron chi connectivity index (χ0n) is 12.4. The van der Waals surface area contributed by atoms with Crippen LogP contribution in [0.1, 0.15) is 10.8 Å². The Kier molecular flexibility index (Phi) is 5.06. The van der Waals surface area contributed by atoms with E-state index < -0.39 is 0 Å². The van der Waals surface area contributed by atoms with Crippen LogP contribution in [0.5, 0.6) is 0 Å². The average Bonchev–Trinajstić information content (AvgIpc) is 2.62. The zero-order chi connectivity index (χ0) is 15.9. The van der Waals surface area contributed by atoms with Crippen LogP contribution in [0.2, 0.25) is 0 Å². The fourth-order valence-electron chi connectivity index (χ4n) is 2.16. The van der Waals surface area contributed by atoms with Crippen molar-refractivity contribution in [3.8, 4) is 0 Å². The summed E-state index contributed by atoms with van der Waals surface area (Å²) in [6, 6.07) is 25.2. The van der Waals surface area contributed by atoms with Crippen molar-refractivity contribution >= 4 is 23.5 Å². The van der Waals surface area contributed by atoms with E-state index in [-0.39, 0.29) is 11.2 Å². The van der Waals surface area contributed by atoms with Crippen molar-refractivity contribution in [2.45, 2.75) is 10.1 Å². The van der Waals surface area contributed by atoms with Gasteiger partial charge in [0.15, 0.2) is 0 Å². The second-order valence-electron chi connectivity index (χ2n) is 4.93. The van der Waals surface area contributed by atoms with Gasteiger partial charge >= 0.3 is 0 Å². The lowest BCUT2D eigenvalue weighted by atomic mass is 10.1. The lowest BCUT2D eigenvalue weighted by Crippen LogP contribution is -2.19. The molecular weight excluding hydrogens is 304 g/mol. The number of amides is 1. The molecule has 3 rings (SSSR count). The van der Waals surface area contributed by atoms with Crippen LogP contribution >= 0.6 is 11.8 Å². The molecule has 0 saturated heterocycles. The molecule has 0 spiro atoms. The van der Waals surface area contributed by atoms with Crippen LogP contribution < -0.4 is 5.32 Å². The molecule has 0 fully saturated rings. The summed E-state index contributed by atoms with van der Waals surface area (Å²) in [5.74, 6) is 0.482. The fraction of sp³-hybridized carbons (Fsp3) is 0.0526. The SMILES string of the molecule is O=C(Nc1ccccn1)[C@@H](Sc1ccccc1)c1ccccc1. The second-order valence-corrected chi connectivity index (χ2v) is 6.10. The molecule has 3 aromatic rings. The zero-order valence-corrected chi connectivity index (χ0v) is 13.2. The summed E-state index contributed by atoms with van der Waals surface area (Å²) in [4.78, 5) is 18.0. The van der Waals surface area contributed by atoms with Gasteiger partial charge in [-0.3, -0.25) is 4.79 Å². The van der Waals surface area contributed by atoms with Gasteiger partial charge in [-0.25, -0.2) is 4.98 Å². The van der Waals surface area contributed by atoms with Crippen molar-refractivity contribution in [2.75, 3.05) is 5.32 Å². The molecule has 1 atom stereocenters. The van der Waals surface area contributed by atoms with Crippen molar-refractivity contribution in [3.63, 3.8) is 0 Å². The summed E-state index contributed by atoms with van der Waals surface area (Å²) in [6.07, 6.45) is 1.66. The maximum absolute atomic E-state index is 12.7. The predicted molar refractivity (Wildman–Crippen MR) is 94.3 cm³/mol. The summed E-state index contributed by atoms with van der Waals surface area (Å²) in [5.41, 5.74) is 0.967. The van der Waals surface area contributed by atoms with E-state index in [1.54, 1.807) is 12.3 Å². The Bertz CT molecular complexity index is 748. The molecule has 1 aromatic heterocycles. The largest absolute Gasteiger partial charge is 0.309 e. The maximum atomic E-state index is 12.7. The first kappa shape index (κ1) is 15.3. The van der Waals surface area contributed by atoms with Crippen LogP contribution in [0.3, 0.4) is 0 Å². The van der Waals surface area contributed by atoms with E-state index >= 15 is 0 Å². The molecule has 23 heavy (non-hydrogen) atoms. The molecule has 1 amide bonds. The molecule has 0 aliphatic heterocycles. The van der Waals surface area contributed by atoms with Gasteiger partial charge < -0.3 is 5.32 Å². The molecule has 0 saturated carbocycles. The molecule has 2 aromatic carbocycles. The number of anilines is 1. The van der Waals surface area contributed by atoms with Gasteiger partial charge in [-0.05, 0) is 29.8 Å². The topological polar surface area (TPSA) is 42.0 Å². The van der Waals surface area contributed by atoms with Gasteiger partial charge in [-0.15, -0.1) is 11.8 Å². The third-order valence-corrected chi connectivity index (χ3v) is 4.52. The monoisotopic (exact) mass is 320 g/mol. The number of rotatable bonds is 5. The third-order valence-electron chi connectivity index (χ3n) is 3.25. The quantitative estimate of drug-likeness (QED) is 0.701. The van der Waals surface area contributed by atoms with Gasteiger partial charge in [0.25, 0.3) is 0 Å². The summed E-state index contributed by atoms with van der Waals surface area (Å²) in [7, 11) is 0. The lowest BCUT2D eigenvalue weighted by molar-refractivity contribution is -0.115. The lowest BCUT2D eigenvalue weighted by Gasteiger charge is -2.16. The number of nitrogens with zero attached hydrogens (tertiary/aromatic N) is 1. The minimum Gasteiger partial charge on any atom is -0.309 e. The van der Waals surface area contributed by atoms with Gasteiger partial charge in [0, 0.05) is 11.1 Å². The van der Waals surface area contributed by atoms with Gasteiger partial charge in [0.1, 0.15) is 11.1 Å². The first-order valence-corrected chi connectivity index (χ1v) is 8.19. The maximum Gasteiger partial charge on any atom is 0.243 e. The Morgan fingerprint density at radius 1 is 0.870 bits per heavy atom. The number of pyridine rings is 1. The van der Waals surface area contributed by atoms with Crippen molar-refractivity contribution < 1.29 is 4.79 Å². The van der Waals surface area contributed by atoms with E-state index in [9.17, 15) is 4.79 Å². The summed E-state index contributed by atoms with van der Waals surface area (Å²) in [5, 5.41) is 2.56. The molecule has 4 heteroatoms. The van der Waals surface area contributed by atoms with E-state index in [1.807, 2.05) is 72.8 Å². The summed E-state index contributed by atoms with van der Waals surface area (Å²) >= 11 is 1.53. The molecule has 0 bridgehead atoms. The average molecular weight is 320 g/mol. The predicted octanol–water partition coefficient (Wildman–Crippen LogP) is 4.55. The molecule has 1 heterocycles. The van der Waals surface area contributed by atoms with Crippen LogP contribution in [0.15, 0.2) is 90.0 Å². The Morgan fingerprint density at radius 3 is 2.17 bits per heavy atom. The van der Waals surface area contributed by atoms with Gasteiger partial charge in [-0.1, -0.05) is 54.6 Å². The second kappa shape index (κ2) is 7.61. The first-order valence-electron chi connectivity index (χ1n) is 7.31. The number of carbonyl (C=O) groups excluding carboxylic acids is 1. The number of carbonyl (C=O) groups is 1. The van der Waals surface area contributed by atoms with Crippen LogP contribution in [0, 0.1) is 0 Å². The van der Waals surface area contributed by atoms with Crippen LogP contribution in [0.4, 0.5) is 5.82 Å². The van der Waals surface area contributed by atoms with E-state index in [0.29, 0.717) is 5.82 Å². The standard InChI is InChI=1S/C19H16N2OS/c22-19(21-17-13-7-8-14-20-17)18(15-9-3-1-4-10-15)23-16-11-5-2-6-12-16/h1-14,18H,(H,20,21,22)/t18-/m0/s1. The fourth-order valence-corrected chi connectivity index (χ4v) is 3.21. The molecule has 1 N–H and O–H groups in total. The summed E-state index contributed by atoms with van der Waals surface area (Å²) < 4.78 is 0. The Labute approximate surface area is 139 Å². The molecule has 0 unspecified atom stereocenters. The van der Waals surface area contributed by atoms with Crippen LogP contribution in [-0.4, -0.2) is 10.9 Å². The molecule has 0 radical (unpaired) electrons. The normalized spacial score (nSPS) is 11.7. The minimum absolute atomic E-state index is 0.0799. The van der Waals surface area contributed by atoms with E-state index in [2.05, 4.69) is 10.3 Å². The number of aromatic nitrogens is 1. The minimum atomic E-state index is -0.333. The molecular formula is C19H16N2OS. The Morgan fingerprint density at radius 2 is 1.52 bits per heavy atom. The third kappa shape index (κ3) is 4.20. The highest BCUT2D eigenvalue weighted by atomic mass is 32.2. The number of nitrogens with one attached hydrogen (secondary N) is 1. The van der Waals surface area contributed by atoms with E-state index in [1.165, 1.54) is 11.8 Å². The molecule has 0 aliphatic carbocycles. The Hall–Kier alpha value is -2.59. The van der Waals surface area contributed by atoms with Crippen molar-refractivity contribution in [1.29, 1.82) is 0 Å². The number of hydrogen-bond acceptors (Lipinski definition) is 3. The van der Waals surface area contributed by atoms with Gasteiger partial charge in [0.05, 0.1) is 0 Å². The number of thioether (sulfide) groups is 1. The van der Waals surface area contributed by atoms with E-state index in [4.69, 9.17) is 0 Å².